The standard InChI is InChI=1S/C17H17BrO2/c1-11-4-5-13(8-12(11)2)17(19)10-14-9-15(20-3)6-7-16(14)18/h4-9H,10H2,1-3H3. The van der Waals surface area contributed by atoms with E-state index in [2.05, 4.69) is 15.9 Å². The van der Waals surface area contributed by atoms with E-state index < -0.39 is 0 Å². The van der Waals surface area contributed by atoms with Gasteiger partial charge >= 0.3 is 0 Å². The van der Waals surface area contributed by atoms with E-state index in [0.29, 0.717) is 6.42 Å². The van der Waals surface area contributed by atoms with Gasteiger partial charge in [-0.05, 0) is 54.8 Å². The molecule has 0 heterocycles. The Morgan fingerprint density at radius 3 is 2.50 bits per heavy atom. The molecule has 0 aromatic heterocycles. The van der Waals surface area contributed by atoms with E-state index in [0.717, 1.165) is 26.9 Å². The first-order chi connectivity index (χ1) is 9.51. The summed E-state index contributed by atoms with van der Waals surface area (Å²) in [7, 11) is 1.62. The molecule has 2 rings (SSSR count). The van der Waals surface area contributed by atoms with Gasteiger partial charge in [0.2, 0.25) is 0 Å². The molecule has 0 spiro atoms. The van der Waals surface area contributed by atoms with Crippen molar-refractivity contribution in [2.24, 2.45) is 0 Å². The molecule has 2 aromatic rings. The summed E-state index contributed by atoms with van der Waals surface area (Å²) in [5.74, 6) is 0.873. The van der Waals surface area contributed by atoms with Crippen LogP contribution in [0.2, 0.25) is 0 Å². The lowest BCUT2D eigenvalue weighted by Gasteiger charge is -2.08. The molecule has 0 saturated heterocycles. The third kappa shape index (κ3) is 3.28. The Hall–Kier alpha value is -1.61. The fraction of sp³-hybridized carbons (Fsp3) is 0.235. The summed E-state index contributed by atoms with van der Waals surface area (Å²) in [6.07, 6.45) is 0.361. The SMILES string of the molecule is COc1ccc(Br)c(CC(=O)c2ccc(C)c(C)c2)c1. The van der Waals surface area contributed by atoms with E-state index >= 15 is 0 Å². The lowest BCUT2D eigenvalue weighted by molar-refractivity contribution is 0.0992. The number of ether oxygens (including phenoxy) is 1. The molecular weight excluding hydrogens is 316 g/mol. The number of benzene rings is 2. The minimum absolute atomic E-state index is 0.113. The fourth-order valence-electron chi connectivity index (χ4n) is 2.00. The van der Waals surface area contributed by atoms with E-state index in [1.165, 1.54) is 5.56 Å². The lowest BCUT2D eigenvalue weighted by atomic mass is 9.99. The summed E-state index contributed by atoms with van der Waals surface area (Å²) in [5.41, 5.74) is 4.03. The van der Waals surface area contributed by atoms with Crippen LogP contribution in [-0.4, -0.2) is 12.9 Å². The van der Waals surface area contributed by atoms with Crippen molar-refractivity contribution in [1.29, 1.82) is 0 Å². The quantitative estimate of drug-likeness (QED) is 0.770. The van der Waals surface area contributed by atoms with Gasteiger partial charge in [0.1, 0.15) is 5.75 Å². The van der Waals surface area contributed by atoms with Crippen LogP contribution in [-0.2, 0) is 6.42 Å². The second kappa shape index (κ2) is 6.23. The van der Waals surface area contributed by atoms with Crippen molar-refractivity contribution in [1.82, 2.24) is 0 Å². The highest BCUT2D eigenvalue weighted by Crippen LogP contribution is 2.24. The first-order valence-electron chi connectivity index (χ1n) is 6.44. The van der Waals surface area contributed by atoms with Crippen LogP contribution in [0.5, 0.6) is 5.75 Å². The summed E-state index contributed by atoms with van der Waals surface area (Å²) in [6.45, 7) is 4.07. The predicted molar refractivity (Wildman–Crippen MR) is 84.6 cm³/mol. The van der Waals surface area contributed by atoms with Crippen LogP contribution < -0.4 is 4.74 Å². The van der Waals surface area contributed by atoms with E-state index in [4.69, 9.17) is 4.74 Å². The number of halogens is 1. The second-order valence-electron chi connectivity index (χ2n) is 4.86. The summed E-state index contributed by atoms with van der Waals surface area (Å²) in [4.78, 5) is 12.4. The molecule has 3 heteroatoms. The topological polar surface area (TPSA) is 26.3 Å². The Kier molecular flexibility index (Phi) is 4.61. The van der Waals surface area contributed by atoms with Crippen LogP contribution in [0.15, 0.2) is 40.9 Å². The van der Waals surface area contributed by atoms with Crippen molar-refractivity contribution in [2.75, 3.05) is 7.11 Å². The largest absolute Gasteiger partial charge is 0.497 e. The molecule has 2 aromatic carbocycles. The summed E-state index contributed by atoms with van der Waals surface area (Å²) < 4.78 is 6.13. The zero-order chi connectivity index (χ0) is 14.7. The van der Waals surface area contributed by atoms with Crippen molar-refractivity contribution in [3.8, 4) is 5.75 Å². The Labute approximate surface area is 127 Å². The van der Waals surface area contributed by atoms with Crippen molar-refractivity contribution < 1.29 is 9.53 Å². The van der Waals surface area contributed by atoms with E-state index in [1.54, 1.807) is 7.11 Å². The van der Waals surface area contributed by atoms with Crippen LogP contribution in [0.4, 0.5) is 0 Å². The molecule has 0 radical (unpaired) electrons. The maximum absolute atomic E-state index is 12.4. The summed E-state index contributed by atoms with van der Waals surface area (Å²) in [5, 5.41) is 0. The molecule has 0 amide bonds. The van der Waals surface area contributed by atoms with Gasteiger partial charge in [-0.2, -0.15) is 0 Å². The molecule has 0 N–H and O–H groups in total. The van der Waals surface area contributed by atoms with Crippen molar-refractivity contribution in [3.63, 3.8) is 0 Å². The zero-order valence-corrected chi connectivity index (χ0v) is 13.5. The number of methoxy groups -OCH3 is 1. The third-order valence-electron chi connectivity index (χ3n) is 3.43. The monoisotopic (exact) mass is 332 g/mol. The van der Waals surface area contributed by atoms with Gasteiger partial charge in [0.05, 0.1) is 7.11 Å². The first kappa shape index (κ1) is 14.8. The van der Waals surface area contributed by atoms with Crippen LogP contribution in [0, 0.1) is 13.8 Å². The molecule has 0 aliphatic heterocycles. The molecule has 0 unspecified atom stereocenters. The number of aryl methyl sites for hydroxylation is 2. The smallest absolute Gasteiger partial charge is 0.167 e. The van der Waals surface area contributed by atoms with Gasteiger partial charge in [0, 0.05) is 16.5 Å². The Bertz CT molecular complexity index is 647. The number of carbonyl (C=O) groups is 1. The van der Waals surface area contributed by atoms with Crippen LogP contribution >= 0.6 is 15.9 Å². The maximum Gasteiger partial charge on any atom is 0.167 e. The predicted octanol–water partition coefficient (Wildman–Crippen LogP) is 4.50. The van der Waals surface area contributed by atoms with Gasteiger partial charge in [-0.15, -0.1) is 0 Å². The van der Waals surface area contributed by atoms with Gasteiger partial charge in [-0.3, -0.25) is 4.79 Å². The molecule has 2 nitrogen and oxygen atoms in total. The molecule has 0 bridgehead atoms. The zero-order valence-electron chi connectivity index (χ0n) is 11.9. The lowest BCUT2D eigenvalue weighted by Crippen LogP contribution is -2.05. The molecule has 104 valence electrons. The van der Waals surface area contributed by atoms with Crippen LogP contribution in [0.25, 0.3) is 0 Å². The average Bonchev–Trinajstić information content (AvgIpc) is 2.44. The van der Waals surface area contributed by atoms with Crippen LogP contribution in [0.3, 0.4) is 0 Å². The molecule has 0 fully saturated rings. The van der Waals surface area contributed by atoms with E-state index in [1.807, 2.05) is 50.2 Å². The maximum atomic E-state index is 12.4. The van der Waals surface area contributed by atoms with E-state index in [-0.39, 0.29) is 5.78 Å². The minimum atomic E-state index is 0.113. The Morgan fingerprint density at radius 1 is 1.10 bits per heavy atom. The number of carbonyl (C=O) groups excluding carboxylic acids is 1. The molecule has 0 aliphatic carbocycles. The highest BCUT2D eigenvalue weighted by atomic mass is 79.9. The Balaban J connectivity index is 2.25. The van der Waals surface area contributed by atoms with Gasteiger partial charge in [-0.1, -0.05) is 28.1 Å². The van der Waals surface area contributed by atoms with Gasteiger partial charge in [0.25, 0.3) is 0 Å². The number of hydrogen-bond donors (Lipinski definition) is 0. The van der Waals surface area contributed by atoms with Gasteiger partial charge < -0.3 is 4.74 Å². The number of ketones is 1. The molecule has 0 atom stereocenters. The fourth-order valence-corrected chi connectivity index (χ4v) is 2.39. The molecule has 0 aliphatic rings. The highest BCUT2D eigenvalue weighted by Gasteiger charge is 2.11. The summed E-state index contributed by atoms with van der Waals surface area (Å²) in [6, 6.07) is 11.5. The second-order valence-corrected chi connectivity index (χ2v) is 5.71. The van der Waals surface area contributed by atoms with Crippen LogP contribution in [0.1, 0.15) is 27.0 Å². The highest BCUT2D eigenvalue weighted by molar-refractivity contribution is 9.10. The Morgan fingerprint density at radius 2 is 1.85 bits per heavy atom. The molecule has 0 saturated carbocycles. The van der Waals surface area contributed by atoms with Gasteiger partial charge in [0.15, 0.2) is 5.78 Å². The van der Waals surface area contributed by atoms with E-state index in [9.17, 15) is 4.79 Å². The third-order valence-corrected chi connectivity index (χ3v) is 4.21. The number of Topliss-reactive ketones (excluding diaryl/α,β-unsaturated/α-hetero) is 1. The molecule has 20 heavy (non-hydrogen) atoms. The van der Waals surface area contributed by atoms with Gasteiger partial charge in [-0.25, -0.2) is 0 Å². The molecular formula is C17H17BrO2. The normalized spacial score (nSPS) is 10.4. The summed E-state index contributed by atoms with van der Waals surface area (Å²) >= 11 is 3.48. The van der Waals surface area contributed by atoms with Crippen molar-refractivity contribution in [3.05, 3.63) is 63.1 Å². The van der Waals surface area contributed by atoms with Crippen molar-refractivity contribution in [2.45, 2.75) is 20.3 Å². The first-order valence-corrected chi connectivity index (χ1v) is 7.23. The number of rotatable bonds is 4. The average molecular weight is 333 g/mol. The van der Waals surface area contributed by atoms with Crippen molar-refractivity contribution >= 4 is 21.7 Å². The minimum Gasteiger partial charge on any atom is -0.497 e. The number of hydrogen-bond acceptors (Lipinski definition) is 2.